The van der Waals surface area contributed by atoms with Gasteiger partial charge in [-0.3, -0.25) is 4.79 Å². The first kappa shape index (κ1) is 13.3. The van der Waals surface area contributed by atoms with Crippen LogP contribution in [-0.2, 0) is 0 Å². The minimum Gasteiger partial charge on any atom is -0.497 e. The van der Waals surface area contributed by atoms with E-state index in [0.29, 0.717) is 11.3 Å². The summed E-state index contributed by atoms with van der Waals surface area (Å²) < 4.78 is 5.08. The van der Waals surface area contributed by atoms with Crippen LogP contribution in [0.1, 0.15) is 22.2 Å². The van der Waals surface area contributed by atoms with Crippen LogP contribution in [0.4, 0.5) is 0 Å². The Hall–Kier alpha value is -2.14. The summed E-state index contributed by atoms with van der Waals surface area (Å²) in [6.07, 6.45) is 0. The van der Waals surface area contributed by atoms with E-state index in [1.54, 1.807) is 42.7 Å². The number of hydrazone groups is 1. The summed E-state index contributed by atoms with van der Waals surface area (Å²) in [6.45, 7) is 1.86. The number of benzene rings is 1. The van der Waals surface area contributed by atoms with Crippen molar-refractivity contribution in [1.29, 1.82) is 0 Å². The van der Waals surface area contributed by atoms with Gasteiger partial charge in [0, 0.05) is 10.4 Å². The number of nitrogens with zero attached hydrogens (tertiary/aromatic N) is 1. The first-order valence-corrected chi connectivity index (χ1v) is 6.61. The van der Waals surface area contributed by atoms with Crippen molar-refractivity contribution in [3.8, 4) is 5.75 Å². The Labute approximate surface area is 115 Å². The third kappa shape index (κ3) is 3.42. The zero-order valence-corrected chi connectivity index (χ0v) is 11.5. The Morgan fingerprint density at radius 2 is 2.16 bits per heavy atom. The van der Waals surface area contributed by atoms with Gasteiger partial charge in [0.05, 0.1) is 12.8 Å². The van der Waals surface area contributed by atoms with Crippen molar-refractivity contribution in [2.24, 2.45) is 5.10 Å². The second-order valence-corrected chi connectivity index (χ2v) is 4.80. The molecule has 1 aromatic carbocycles. The Morgan fingerprint density at radius 3 is 2.84 bits per heavy atom. The third-order valence-corrected chi connectivity index (χ3v) is 3.51. The predicted octanol–water partition coefficient (Wildman–Crippen LogP) is 2.91. The molecule has 1 heterocycles. The van der Waals surface area contributed by atoms with Crippen LogP contribution < -0.4 is 10.2 Å². The highest BCUT2D eigenvalue weighted by Crippen LogP contribution is 2.12. The average Bonchev–Trinajstić information content (AvgIpc) is 2.98. The number of methoxy groups -OCH3 is 1. The van der Waals surface area contributed by atoms with E-state index in [1.165, 1.54) is 0 Å². The van der Waals surface area contributed by atoms with Crippen LogP contribution >= 0.6 is 11.3 Å². The van der Waals surface area contributed by atoms with E-state index in [4.69, 9.17) is 4.74 Å². The van der Waals surface area contributed by atoms with Gasteiger partial charge >= 0.3 is 0 Å². The van der Waals surface area contributed by atoms with Crippen LogP contribution in [0.2, 0.25) is 0 Å². The summed E-state index contributed by atoms with van der Waals surface area (Å²) >= 11 is 1.58. The van der Waals surface area contributed by atoms with Gasteiger partial charge < -0.3 is 4.74 Å². The molecule has 0 atom stereocenters. The summed E-state index contributed by atoms with van der Waals surface area (Å²) in [5.74, 6) is 0.390. The Kier molecular flexibility index (Phi) is 4.30. The first-order valence-electron chi connectivity index (χ1n) is 5.73. The maximum Gasteiger partial charge on any atom is 0.271 e. The van der Waals surface area contributed by atoms with E-state index >= 15 is 0 Å². The van der Waals surface area contributed by atoms with E-state index in [2.05, 4.69) is 10.5 Å². The molecule has 2 aromatic rings. The molecule has 19 heavy (non-hydrogen) atoms. The highest BCUT2D eigenvalue weighted by molar-refractivity contribution is 7.12. The number of carbonyl (C=O) groups is 1. The van der Waals surface area contributed by atoms with Crippen molar-refractivity contribution in [3.63, 3.8) is 0 Å². The Bertz CT molecular complexity index is 591. The normalized spacial score (nSPS) is 11.2. The molecule has 0 aliphatic rings. The molecule has 0 aliphatic heterocycles. The molecule has 0 aliphatic carbocycles. The Morgan fingerprint density at radius 1 is 1.32 bits per heavy atom. The topological polar surface area (TPSA) is 50.7 Å². The summed E-state index contributed by atoms with van der Waals surface area (Å²) in [5.41, 5.74) is 3.84. The highest BCUT2D eigenvalue weighted by Gasteiger charge is 2.06. The number of ether oxygens (including phenoxy) is 1. The van der Waals surface area contributed by atoms with Gasteiger partial charge in [0.15, 0.2) is 0 Å². The number of hydrogen-bond acceptors (Lipinski definition) is 4. The Balaban J connectivity index is 2.07. The van der Waals surface area contributed by atoms with Gasteiger partial charge in [0.25, 0.3) is 5.91 Å². The van der Waals surface area contributed by atoms with E-state index in [9.17, 15) is 4.79 Å². The zero-order valence-electron chi connectivity index (χ0n) is 10.7. The van der Waals surface area contributed by atoms with Crippen molar-refractivity contribution in [2.75, 3.05) is 7.11 Å². The monoisotopic (exact) mass is 274 g/mol. The minimum absolute atomic E-state index is 0.255. The van der Waals surface area contributed by atoms with Gasteiger partial charge in [-0.25, -0.2) is 5.43 Å². The van der Waals surface area contributed by atoms with E-state index in [1.807, 2.05) is 24.4 Å². The number of hydrogen-bond donors (Lipinski definition) is 1. The van der Waals surface area contributed by atoms with Gasteiger partial charge in [-0.05, 0) is 36.6 Å². The smallest absolute Gasteiger partial charge is 0.271 e. The molecule has 0 spiro atoms. The molecule has 0 radical (unpaired) electrons. The van der Waals surface area contributed by atoms with Crippen LogP contribution in [0.25, 0.3) is 0 Å². The van der Waals surface area contributed by atoms with Crippen LogP contribution in [0.3, 0.4) is 0 Å². The van der Waals surface area contributed by atoms with Gasteiger partial charge in [-0.2, -0.15) is 5.10 Å². The lowest BCUT2D eigenvalue weighted by molar-refractivity contribution is 0.0954. The highest BCUT2D eigenvalue weighted by atomic mass is 32.1. The maximum absolute atomic E-state index is 11.9. The zero-order chi connectivity index (χ0) is 13.7. The van der Waals surface area contributed by atoms with Crippen LogP contribution in [-0.4, -0.2) is 18.7 Å². The summed E-state index contributed by atoms with van der Waals surface area (Å²) in [4.78, 5) is 12.9. The number of thiophene rings is 1. The quantitative estimate of drug-likeness (QED) is 0.688. The molecule has 0 bridgehead atoms. The summed E-state index contributed by atoms with van der Waals surface area (Å²) in [7, 11) is 1.57. The van der Waals surface area contributed by atoms with Gasteiger partial charge in [0.1, 0.15) is 5.75 Å². The fraction of sp³-hybridized carbons (Fsp3) is 0.143. The SMILES string of the molecule is COc1cccc(C(=O)N/N=C(/C)c2cccs2)c1. The van der Waals surface area contributed by atoms with Crippen molar-refractivity contribution in [2.45, 2.75) is 6.92 Å². The molecular formula is C14H14N2O2S. The standard InChI is InChI=1S/C14H14N2O2S/c1-10(13-7-4-8-19-13)15-16-14(17)11-5-3-6-12(9-11)18-2/h3-9H,1-2H3,(H,16,17)/b15-10-. The van der Waals surface area contributed by atoms with Gasteiger partial charge in [-0.1, -0.05) is 12.1 Å². The second-order valence-electron chi connectivity index (χ2n) is 3.85. The van der Waals surface area contributed by atoms with Crippen molar-refractivity contribution < 1.29 is 9.53 Å². The molecule has 5 heteroatoms. The summed E-state index contributed by atoms with van der Waals surface area (Å²) in [6, 6.07) is 10.9. The van der Waals surface area contributed by atoms with Crippen molar-refractivity contribution in [1.82, 2.24) is 5.43 Å². The number of rotatable bonds is 4. The molecule has 0 fully saturated rings. The fourth-order valence-corrected chi connectivity index (χ4v) is 2.18. The van der Waals surface area contributed by atoms with Crippen LogP contribution in [0.5, 0.6) is 5.75 Å². The molecule has 0 unspecified atom stereocenters. The van der Waals surface area contributed by atoms with E-state index < -0.39 is 0 Å². The van der Waals surface area contributed by atoms with Crippen LogP contribution in [0.15, 0.2) is 46.9 Å². The largest absolute Gasteiger partial charge is 0.497 e. The van der Waals surface area contributed by atoms with E-state index in [0.717, 1.165) is 10.6 Å². The number of amides is 1. The van der Waals surface area contributed by atoms with Crippen molar-refractivity contribution >= 4 is 23.0 Å². The molecule has 1 aromatic heterocycles. The van der Waals surface area contributed by atoms with Gasteiger partial charge in [-0.15, -0.1) is 11.3 Å². The molecule has 98 valence electrons. The third-order valence-electron chi connectivity index (χ3n) is 2.53. The number of nitrogens with one attached hydrogen (secondary N) is 1. The molecule has 1 N–H and O–H groups in total. The molecular weight excluding hydrogens is 260 g/mol. The fourth-order valence-electron chi connectivity index (χ4n) is 1.50. The average molecular weight is 274 g/mol. The second kappa shape index (κ2) is 6.15. The van der Waals surface area contributed by atoms with Crippen molar-refractivity contribution in [3.05, 3.63) is 52.2 Å². The predicted molar refractivity (Wildman–Crippen MR) is 77.0 cm³/mol. The number of carbonyl (C=O) groups excluding carboxylic acids is 1. The maximum atomic E-state index is 11.9. The molecule has 0 saturated carbocycles. The van der Waals surface area contributed by atoms with Crippen LogP contribution in [0, 0.1) is 0 Å². The minimum atomic E-state index is -0.255. The first-order chi connectivity index (χ1) is 9.20. The molecule has 0 saturated heterocycles. The molecule has 4 nitrogen and oxygen atoms in total. The van der Waals surface area contributed by atoms with E-state index in [-0.39, 0.29) is 5.91 Å². The molecule has 2 rings (SSSR count). The lowest BCUT2D eigenvalue weighted by atomic mass is 10.2. The lowest BCUT2D eigenvalue weighted by Crippen LogP contribution is -2.19. The lowest BCUT2D eigenvalue weighted by Gasteiger charge is -2.03. The van der Waals surface area contributed by atoms with Gasteiger partial charge in [0.2, 0.25) is 0 Å². The molecule has 1 amide bonds. The summed E-state index contributed by atoms with van der Waals surface area (Å²) in [5, 5.41) is 6.06.